The van der Waals surface area contributed by atoms with Crippen LogP contribution in [0.1, 0.15) is 0 Å². The van der Waals surface area contributed by atoms with Gasteiger partial charge in [-0.3, -0.25) is 0 Å². The number of rotatable bonds is 0. The molecule has 0 aromatic heterocycles. The molecule has 0 atom stereocenters. The van der Waals surface area contributed by atoms with E-state index in [9.17, 15) is 0 Å². The van der Waals surface area contributed by atoms with Gasteiger partial charge in [0.25, 0.3) is 0 Å². The largest absolute Gasteiger partial charge is 0.248 e. The first-order chi connectivity index (χ1) is 4.97. The molecule has 0 fully saturated rings. The van der Waals surface area contributed by atoms with Crippen LogP contribution in [0.25, 0.3) is 0 Å². The van der Waals surface area contributed by atoms with Gasteiger partial charge < -0.3 is 0 Å². The van der Waals surface area contributed by atoms with Gasteiger partial charge in [0, 0.05) is 17.1 Å². The van der Waals surface area contributed by atoms with Gasteiger partial charge in [0.05, 0.1) is 0 Å². The summed E-state index contributed by atoms with van der Waals surface area (Å²) < 4.78 is 0. The first-order valence-electron chi connectivity index (χ1n) is 2.34. The fourth-order valence-corrected chi connectivity index (χ4v) is 0.468. The first kappa shape index (κ1) is 7.76. The Hall–Kier alpha value is -1.34. The molecule has 0 saturated heterocycles. The van der Waals surface area contributed by atoms with Gasteiger partial charge in [0.15, 0.2) is 0 Å². The van der Waals surface area contributed by atoms with E-state index in [2.05, 4.69) is 41.4 Å². The summed E-state index contributed by atoms with van der Waals surface area (Å²) in [5.74, 6) is 0.481. The average molecular weight is 200 g/mol. The maximum absolute atomic E-state index is 3.48. The molecule has 59 valence electrons. The van der Waals surface area contributed by atoms with Crippen LogP contribution in [0.2, 0.25) is 0 Å². The molecule has 2 aliphatic rings. The van der Waals surface area contributed by atoms with E-state index in [0.29, 0.717) is 0 Å². The molecular formula is C2CuN8. The van der Waals surface area contributed by atoms with Crippen molar-refractivity contribution in [1.29, 1.82) is 0 Å². The maximum atomic E-state index is 3.48. The van der Waals surface area contributed by atoms with Crippen LogP contribution in [0.5, 0.6) is 0 Å². The van der Waals surface area contributed by atoms with E-state index >= 15 is 0 Å². The topological polar surface area (TPSA) is 98.9 Å². The molecule has 0 spiro atoms. The van der Waals surface area contributed by atoms with E-state index in [1.807, 2.05) is 0 Å². The predicted molar refractivity (Wildman–Crippen MR) is 26.5 cm³/mol. The second kappa shape index (κ2) is 3.17. The van der Waals surface area contributed by atoms with Crippen molar-refractivity contribution in [1.82, 2.24) is 0 Å². The summed E-state index contributed by atoms with van der Waals surface area (Å²) in [5, 5.41) is 26.9. The smallest absolute Gasteiger partial charge is 0.102 e. The number of nitrogens with zero attached hydrogens (tertiary/aromatic N) is 8. The Bertz CT molecular complexity index is 237. The van der Waals surface area contributed by atoms with E-state index in [1.54, 1.807) is 0 Å². The maximum Gasteiger partial charge on any atom is 0.248 e. The van der Waals surface area contributed by atoms with Gasteiger partial charge in [0.1, 0.15) is 0 Å². The van der Waals surface area contributed by atoms with Crippen LogP contribution < -0.4 is 0 Å². The van der Waals surface area contributed by atoms with E-state index in [4.69, 9.17) is 0 Å². The normalized spacial score (nSPS) is 18.2. The summed E-state index contributed by atoms with van der Waals surface area (Å²) in [6, 6.07) is 0. The Balaban J connectivity index is 0.000000605. The molecule has 0 saturated carbocycles. The summed E-state index contributed by atoms with van der Waals surface area (Å²) >= 11 is 0. The minimum atomic E-state index is 0. The monoisotopic (exact) mass is 199 g/mol. The van der Waals surface area contributed by atoms with Gasteiger partial charge in [-0.2, -0.15) is 0 Å². The van der Waals surface area contributed by atoms with Crippen LogP contribution in [-0.2, 0) is 17.1 Å². The summed E-state index contributed by atoms with van der Waals surface area (Å²) in [5.41, 5.74) is 0. The zero-order valence-electron chi connectivity index (χ0n) is 4.88. The van der Waals surface area contributed by atoms with E-state index in [0.717, 1.165) is 0 Å². The second-order valence-electron chi connectivity index (χ2n) is 1.40. The first-order valence-corrected chi connectivity index (χ1v) is 2.34. The Morgan fingerprint density at radius 1 is 0.545 bits per heavy atom. The van der Waals surface area contributed by atoms with Crippen LogP contribution >= 0.6 is 0 Å². The number of hydrogen-bond donors (Lipinski definition) is 0. The van der Waals surface area contributed by atoms with Crippen LogP contribution in [0.15, 0.2) is 53.0 Å². The zero-order chi connectivity index (χ0) is 6.81. The van der Waals surface area contributed by atoms with Crippen LogP contribution in [0.4, 0.5) is 0 Å². The molecule has 2 rings (SSSR count). The molecule has 0 bridgehead atoms. The third-order valence-corrected chi connectivity index (χ3v) is 0.838. The molecule has 0 aliphatic carbocycles. The Morgan fingerprint density at radius 3 is 1.09 bits per heavy atom. The van der Waals surface area contributed by atoms with E-state index in [-0.39, 0.29) is 28.7 Å². The van der Waals surface area contributed by atoms with Crippen molar-refractivity contribution in [3.05, 3.63) is 11.6 Å². The van der Waals surface area contributed by atoms with Crippen molar-refractivity contribution < 1.29 is 17.1 Å². The van der Waals surface area contributed by atoms with Crippen molar-refractivity contribution in [3.8, 4) is 0 Å². The van der Waals surface area contributed by atoms with Crippen molar-refractivity contribution in [3.63, 3.8) is 0 Å². The van der Waals surface area contributed by atoms with Crippen LogP contribution in [0, 0.1) is 0 Å². The second-order valence-corrected chi connectivity index (χ2v) is 1.40. The summed E-state index contributed by atoms with van der Waals surface area (Å²) in [4.78, 5) is 0. The molecule has 0 amide bonds. The molecule has 2 heterocycles. The molecule has 8 nitrogen and oxygen atoms in total. The van der Waals surface area contributed by atoms with Gasteiger partial charge in [-0.05, 0) is 20.9 Å². The molecular weight excluding hydrogens is 200 g/mol. The van der Waals surface area contributed by atoms with Crippen molar-refractivity contribution in [2.75, 3.05) is 0 Å². The minimum Gasteiger partial charge on any atom is -0.102 e. The molecule has 2 aliphatic heterocycles. The Labute approximate surface area is 70.7 Å². The molecule has 0 aromatic carbocycles. The fourth-order valence-electron chi connectivity index (χ4n) is 0.468. The Kier molecular flexibility index (Phi) is 2.24. The van der Waals surface area contributed by atoms with Gasteiger partial charge in [0.2, 0.25) is 11.6 Å². The molecule has 1 radical (unpaired) electrons. The molecule has 0 unspecified atom stereocenters. The minimum absolute atomic E-state index is 0. The zero-order valence-corrected chi connectivity index (χ0v) is 5.82. The fraction of sp³-hybridized carbons (Fsp3) is 0. The van der Waals surface area contributed by atoms with E-state index in [1.165, 1.54) is 0 Å². The standard InChI is InChI=1S/C2N8.Cu/c3-1(4-8-7-3)2-5-9-10-6-2;. The Morgan fingerprint density at radius 2 is 0.818 bits per heavy atom. The average Bonchev–Trinajstić information content (AvgIpc) is 2.59. The molecule has 9 heteroatoms. The summed E-state index contributed by atoms with van der Waals surface area (Å²) in [6.07, 6.45) is 0. The molecule has 0 N–H and O–H groups in total. The number of hydrogen-bond acceptors (Lipinski definition) is 8. The third kappa shape index (κ3) is 1.38. The van der Waals surface area contributed by atoms with Gasteiger partial charge in [-0.1, -0.05) is 0 Å². The predicted octanol–water partition coefficient (Wildman–Crippen LogP) is 1.78. The SMILES string of the molecule is N1=NC(=C2N=NN=N2)N=N1.[Cu]. The van der Waals surface area contributed by atoms with Gasteiger partial charge >= 0.3 is 0 Å². The van der Waals surface area contributed by atoms with Crippen molar-refractivity contribution >= 4 is 0 Å². The third-order valence-electron chi connectivity index (χ3n) is 0.838. The molecule has 11 heavy (non-hydrogen) atoms. The van der Waals surface area contributed by atoms with E-state index < -0.39 is 0 Å². The quantitative estimate of drug-likeness (QED) is 0.531. The summed E-state index contributed by atoms with van der Waals surface area (Å²) in [6.45, 7) is 0. The van der Waals surface area contributed by atoms with Crippen LogP contribution in [0.3, 0.4) is 0 Å². The van der Waals surface area contributed by atoms with Gasteiger partial charge in [-0.25, -0.2) is 0 Å². The van der Waals surface area contributed by atoms with Crippen molar-refractivity contribution in [2.24, 2.45) is 41.4 Å². The van der Waals surface area contributed by atoms with Crippen LogP contribution in [-0.4, -0.2) is 0 Å². The summed E-state index contributed by atoms with van der Waals surface area (Å²) in [7, 11) is 0. The van der Waals surface area contributed by atoms with Crippen molar-refractivity contribution in [2.45, 2.75) is 0 Å². The van der Waals surface area contributed by atoms with Gasteiger partial charge in [-0.15, -0.1) is 20.5 Å². The molecule has 0 aromatic rings.